The first-order chi connectivity index (χ1) is 14.1. The van der Waals surface area contributed by atoms with Gasteiger partial charge in [0.1, 0.15) is 18.2 Å². The summed E-state index contributed by atoms with van der Waals surface area (Å²) in [6.07, 6.45) is 1.75. The fourth-order valence-electron chi connectivity index (χ4n) is 2.72. The summed E-state index contributed by atoms with van der Waals surface area (Å²) in [5.74, 6) is 1.23. The van der Waals surface area contributed by atoms with Crippen molar-refractivity contribution in [2.24, 2.45) is 4.99 Å². The fraction of sp³-hybridized carbons (Fsp3) is 0.217. The second-order valence-corrected chi connectivity index (χ2v) is 6.62. The van der Waals surface area contributed by atoms with E-state index in [-0.39, 0.29) is 5.82 Å². The summed E-state index contributed by atoms with van der Waals surface area (Å²) >= 11 is 0. The molecule has 6 heteroatoms. The van der Waals surface area contributed by atoms with Crippen molar-refractivity contribution in [2.45, 2.75) is 26.6 Å². The zero-order valence-electron chi connectivity index (χ0n) is 16.7. The third-order valence-corrected chi connectivity index (χ3v) is 4.39. The number of aryl methyl sites for hydroxylation is 1. The number of hydrogen-bond donors (Lipinski definition) is 2. The molecule has 0 bridgehead atoms. The van der Waals surface area contributed by atoms with E-state index in [1.54, 1.807) is 26.2 Å². The maximum absolute atomic E-state index is 13.7. The Bertz CT molecular complexity index is 960. The van der Waals surface area contributed by atoms with E-state index in [9.17, 15) is 4.39 Å². The molecule has 3 aromatic rings. The van der Waals surface area contributed by atoms with Crippen LogP contribution in [0.2, 0.25) is 0 Å². The first kappa shape index (κ1) is 20.3. The van der Waals surface area contributed by atoms with Crippen LogP contribution in [0.4, 0.5) is 4.39 Å². The van der Waals surface area contributed by atoms with Gasteiger partial charge in [0.25, 0.3) is 0 Å². The van der Waals surface area contributed by atoms with E-state index in [4.69, 9.17) is 4.74 Å². The summed E-state index contributed by atoms with van der Waals surface area (Å²) in [4.78, 5) is 8.48. The minimum absolute atomic E-state index is 0.199. The molecule has 0 saturated heterocycles. The smallest absolute Gasteiger partial charge is 0.191 e. The van der Waals surface area contributed by atoms with Gasteiger partial charge in [-0.2, -0.15) is 0 Å². The number of rotatable bonds is 7. The number of ether oxygens (including phenoxy) is 1. The van der Waals surface area contributed by atoms with E-state index in [0.717, 1.165) is 22.6 Å². The first-order valence-corrected chi connectivity index (χ1v) is 9.45. The van der Waals surface area contributed by atoms with Crippen molar-refractivity contribution in [1.29, 1.82) is 0 Å². The van der Waals surface area contributed by atoms with Gasteiger partial charge in [-0.1, -0.05) is 30.3 Å². The SMILES string of the molecule is CN=C(NCc1cccc(OCc2ccccn2)c1)NCc1ccc(C)c(F)c1. The van der Waals surface area contributed by atoms with Crippen molar-refractivity contribution in [3.05, 3.63) is 95.1 Å². The van der Waals surface area contributed by atoms with Gasteiger partial charge >= 0.3 is 0 Å². The Morgan fingerprint density at radius 3 is 2.48 bits per heavy atom. The van der Waals surface area contributed by atoms with Crippen LogP contribution in [0.25, 0.3) is 0 Å². The van der Waals surface area contributed by atoms with Crippen LogP contribution in [0.3, 0.4) is 0 Å². The number of nitrogens with one attached hydrogen (secondary N) is 2. The molecule has 0 spiro atoms. The fourth-order valence-corrected chi connectivity index (χ4v) is 2.72. The first-order valence-electron chi connectivity index (χ1n) is 9.45. The van der Waals surface area contributed by atoms with Gasteiger partial charge in [-0.3, -0.25) is 9.98 Å². The van der Waals surface area contributed by atoms with Gasteiger partial charge in [0.2, 0.25) is 0 Å². The van der Waals surface area contributed by atoms with Crippen molar-refractivity contribution in [1.82, 2.24) is 15.6 Å². The summed E-state index contributed by atoms with van der Waals surface area (Å²) in [5.41, 5.74) is 3.45. The van der Waals surface area contributed by atoms with Crippen LogP contribution in [-0.2, 0) is 19.7 Å². The van der Waals surface area contributed by atoms with E-state index in [2.05, 4.69) is 20.6 Å². The van der Waals surface area contributed by atoms with Gasteiger partial charge in [-0.05, 0) is 53.9 Å². The average Bonchev–Trinajstić information content (AvgIpc) is 2.76. The number of guanidine groups is 1. The number of benzene rings is 2. The topological polar surface area (TPSA) is 58.5 Å². The Morgan fingerprint density at radius 2 is 1.79 bits per heavy atom. The Hall–Kier alpha value is -3.41. The summed E-state index contributed by atoms with van der Waals surface area (Å²) < 4.78 is 19.5. The monoisotopic (exact) mass is 392 g/mol. The Labute approximate surface area is 170 Å². The van der Waals surface area contributed by atoms with Crippen LogP contribution in [0.5, 0.6) is 5.75 Å². The predicted octanol–water partition coefficient (Wildman–Crippen LogP) is 3.97. The molecule has 0 amide bonds. The highest BCUT2D eigenvalue weighted by Gasteiger charge is 2.03. The van der Waals surface area contributed by atoms with Crippen LogP contribution in [0.1, 0.15) is 22.4 Å². The van der Waals surface area contributed by atoms with Crippen LogP contribution >= 0.6 is 0 Å². The van der Waals surface area contributed by atoms with Crippen molar-refractivity contribution >= 4 is 5.96 Å². The van der Waals surface area contributed by atoms with Crippen LogP contribution < -0.4 is 15.4 Å². The molecule has 0 saturated carbocycles. The maximum Gasteiger partial charge on any atom is 0.191 e. The molecule has 29 heavy (non-hydrogen) atoms. The van der Waals surface area contributed by atoms with E-state index in [1.165, 1.54) is 6.07 Å². The Balaban J connectivity index is 1.50. The number of halogens is 1. The Kier molecular flexibility index (Phi) is 7.16. The number of aliphatic imine (C=N–C) groups is 1. The van der Waals surface area contributed by atoms with Crippen molar-refractivity contribution < 1.29 is 9.13 Å². The van der Waals surface area contributed by atoms with E-state index >= 15 is 0 Å². The maximum atomic E-state index is 13.7. The molecular formula is C23H25FN4O. The van der Waals surface area contributed by atoms with Gasteiger partial charge in [0.05, 0.1) is 5.69 Å². The summed E-state index contributed by atoms with van der Waals surface area (Å²) in [6, 6.07) is 18.9. The highest BCUT2D eigenvalue weighted by molar-refractivity contribution is 5.79. The molecule has 1 heterocycles. The highest BCUT2D eigenvalue weighted by Crippen LogP contribution is 2.15. The van der Waals surface area contributed by atoms with Gasteiger partial charge in [0, 0.05) is 26.3 Å². The molecule has 0 aliphatic carbocycles. The second-order valence-electron chi connectivity index (χ2n) is 6.62. The van der Waals surface area contributed by atoms with Gasteiger partial charge in [-0.25, -0.2) is 4.39 Å². The molecule has 0 radical (unpaired) electrons. The summed E-state index contributed by atoms with van der Waals surface area (Å²) in [5, 5.41) is 6.46. The third-order valence-electron chi connectivity index (χ3n) is 4.39. The molecule has 0 atom stereocenters. The van der Waals surface area contributed by atoms with Gasteiger partial charge in [0.15, 0.2) is 5.96 Å². The van der Waals surface area contributed by atoms with E-state index in [0.29, 0.717) is 31.2 Å². The number of aromatic nitrogens is 1. The molecule has 0 aliphatic rings. The molecule has 3 rings (SSSR count). The van der Waals surface area contributed by atoms with Crippen molar-refractivity contribution in [3.8, 4) is 5.75 Å². The quantitative estimate of drug-likeness (QED) is 0.472. The van der Waals surface area contributed by atoms with E-state index in [1.807, 2.05) is 48.5 Å². The zero-order chi connectivity index (χ0) is 20.5. The lowest BCUT2D eigenvalue weighted by Gasteiger charge is -2.13. The van der Waals surface area contributed by atoms with E-state index < -0.39 is 0 Å². The predicted molar refractivity (Wildman–Crippen MR) is 113 cm³/mol. The lowest BCUT2D eigenvalue weighted by atomic mass is 10.1. The van der Waals surface area contributed by atoms with Crippen LogP contribution in [0.15, 0.2) is 71.9 Å². The Morgan fingerprint density at radius 1 is 1.00 bits per heavy atom. The summed E-state index contributed by atoms with van der Waals surface area (Å²) in [6.45, 7) is 3.25. The lowest BCUT2D eigenvalue weighted by Crippen LogP contribution is -2.36. The second kappa shape index (κ2) is 10.2. The third kappa shape index (κ3) is 6.31. The molecular weight excluding hydrogens is 367 g/mol. The van der Waals surface area contributed by atoms with Gasteiger partial charge < -0.3 is 15.4 Å². The molecule has 150 valence electrons. The van der Waals surface area contributed by atoms with Crippen LogP contribution in [-0.4, -0.2) is 18.0 Å². The molecule has 5 nitrogen and oxygen atoms in total. The normalized spacial score (nSPS) is 11.2. The minimum Gasteiger partial charge on any atom is -0.487 e. The van der Waals surface area contributed by atoms with Crippen molar-refractivity contribution in [3.63, 3.8) is 0 Å². The highest BCUT2D eigenvalue weighted by atomic mass is 19.1. The molecule has 1 aromatic heterocycles. The minimum atomic E-state index is -0.199. The molecule has 0 aliphatic heterocycles. The number of pyridine rings is 1. The van der Waals surface area contributed by atoms with Crippen LogP contribution in [0, 0.1) is 12.7 Å². The average molecular weight is 392 g/mol. The number of hydrogen-bond acceptors (Lipinski definition) is 3. The standard InChI is InChI=1S/C23H25FN4O/c1-17-9-10-19(13-22(17)24)15-28-23(25-2)27-14-18-6-5-8-21(12-18)29-16-20-7-3-4-11-26-20/h3-13H,14-16H2,1-2H3,(H2,25,27,28). The largest absolute Gasteiger partial charge is 0.487 e. The summed E-state index contributed by atoms with van der Waals surface area (Å²) in [7, 11) is 1.71. The number of nitrogens with zero attached hydrogens (tertiary/aromatic N) is 2. The molecule has 0 unspecified atom stereocenters. The lowest BCUT2D eigenvalue weighted by molar-refractivity contribution is 0.301. The molecule has 2 aromatic carbocycles. The molecule has 0 fully saturated rings. The van der Waals surface area contributed by atoms with Crippen molar-refractivity contribution in [2.75, 3.05) is 7.05 Å². The van der Waals surface area contributed by atoms with Gasteiger partial charge in [-0.15, -0.1) is 0 Å². The molecule has 2 N–H and O–H groups in total. The zero-order valence-corrected chi connectivity index (χ0v) is 16.7.